The van der Waals surface area contributed by atoms with E-state index in [4.69, 9.17) is 5.11 Å². The summed E-state index contributed by atoms with van der Waals surface area (Å²) in [5.41, 5.74) is 0. The molecule has 0 fully saturated rings. The Morgan fingerprint density at radius 3 is 2.00 bits per heavy atom. The van der Waals surface area contributed by atoms with Crippen molar-refractivity contribution in [2.75, 3.05) is 6.61 Å². The number of carboxylic acid groups (broad SMARTS) is 1. The molecule has 0 heterocycles. The smallest absolute Gasteiger partial charge is 0.303 e. The normalized spacial score (nSPS) is 8.73. The van der Waals surface area contributed by atoms with Gasteiger partial charge in [0.1, 0.15) is 0 Å². The second-order valence-corrected chi connectivity index (χ2v) is 3.13. The molecule has 0 aliphatic carbocycles. The van der Waals surface area contributed by atoms with Crippen molar-refractivity contribution in [3.8, 4) is 0 Å². The van der Waals surface area contributed by atoms with Gasteiger partial charge in [-0.05, 0) is 13.3 Å². The van der Waals surface area contributed by atoms with Crippen LogP contribution in [0.3, 0.4) is 0 Å². The number of aliphatic carboxylic acids is 1. The fourth-order valence-corrected chi connectivity index (χ4v) is 0.906. The van der Waals surface area contributed by atoms with E-state index in [1.165, 1.54) is 13.3 Å². The molecule has 90 valence electrons. The Labute approximate surface area is 91.6 Å². The summed E-state index contributed by atoms with van der Waals surface area (Å²) in [4.78, 5) is 19.8. The van der Waals surface area contributed by atoms with Crippen LogP contribution in [0.2, 0.25) is 0 Å². The van der Waals surface area contributed by atoms with Crippen molar-refractivity contribution >= 4 is 11.9 Å². The van der Waals surface area contributed by atoms with E-state index >= 15 is 0 Å². The van der Waals surface area contributed by atoms with Crippen LogP contribution in [-0.2, 0) is 14.3 Å². The Morgan fingerprint density at radius 1 is 1.13 bits per heavy atom. The first-order chi connectivity index (χ1) is 7.04. The average Bonchev–Trinajstić information content (AvgIpc) is 2.13. The van der Waals surface area contributed by atoms with Gasteiger partial charge in [-0.3, -0.25) is 9.59 Å². The molecule has 0 saturated carbocycles. The van der Waals surface area contributed by atoms with Gasteiger partial charge in [-0.2, -0.15) is 0 Å². The zero-order valence-electron chi connectivity index (χ0n) is 9.91. The first kappa shape index (κ1) is 16.4. The number of unbranched alkanes of at least 4 members (excludes halogenated alkanes) is 3. The number of hydrogen-bond donors (Lipinski definition) is 1. The Kier molecular flexibility index (Phi) is 14.1. The van der Waals surface area contributed by atoms with E-state index < -0.39 is 5.97 Å². The highest BCUT2D eigenvalue weighted by atomic mass is 16.5. The topological polar surface area (TPSA) is 63.6 Å². The van der Waals surface area contributed by atoms with Gasteiger partial charge in [0.2, 0.25) is 0 Å². The number of ether oxygens (including phenoxy) is 1. The lowest BCUT2D eigenvalue weighted by atomic mass is 10.2. The minimum Gasteiger partial charge on any atom is -0.481 e. The molecule has 0 aromatic rings. The van der Waals surface area contributed by atoms with Crippen LogP contribution in [0.25, 0.3) is 0 Å². The van der Waals surface area contributed by atoms with E-state index in [2.05, 4.69) is 11.7 Å². The molecule has 0 bridgehead atoms. The molecule has 15 heavy (non-hydrogen) atoms. The lowest BCUT2D eigenvalue weighted by molar-refractivity contribution is -0.140. The molecule has 0 saturated heterocycles. The SMILES string of the molecule is CCCCCCC(=O)O.CCOC(C)=O. The number of hydrogen-bond acceptors (Lipinski definition) is 3. The number of carboxylic acids is 1. The maximum absolute atomic E-state index is 9.96. The molecule has 0 spiro atoms. The van der Waals surface area contributed by atoms with Gasteiger partial charge in [0.15, 0.2) is 0 Å². The first-order valence-electron chi connectivity index (χ1n) is 5.39. The third-order valence-corrected chi connectivity index (χ3v) is 1.59. The Morgan fingerprint density at radius 2 is 1.73 bits per heavy atom. The Bertz CT molecular complexity index is 166. The lowest BCUT2D eigenvalue weighted by Gasteiger charge is -1.92. The van der Waals surface area contributed by atoms with Crippen molar-refractivity contribution in [1.82, 2.24) is 0 Å². The van der Waals surface area contributed by atoms with Crippen molar-refractivity contribution in [1.29, 1.82) is 0 Å². The van der Waals surface area contributed by atoms with Gasteiger partial charge in [0.25, 0.3) is 0 Å². The van der Waals surface area contributed by atoms with Crippen LogP contribution < -0.4 is 0 Å². The molecular formula is C11H22O4. The molecule has 0 aliphatic heterocycles. The lowest BCUT2D eigenvalue weighted by Crippen LogP contribution is -1.95. The summed E-state index contributed by atoms with van der Waals surface area (Å²) in [6.07, 6.45) is 4.55. The number of carbonyl (C=O) groups excluding carboxylic acids is 1. The molecule has 0 atom stereocenters. The Hall–Kier alpha value is -1.06. The molecule has 0 aliphatic rings. The van der Waals surface area contributed by atoms with Crippen LogP contribution >= 0.6 is 0 Å². The van der Waals surface area contributed by atoms with Gasteiger partial charge < -0.3 is 9.84 Å². The molecule has 0 rings (SSSR count). The van der Waals surface area contributed by atoms with E-state index in [-0.39, 0.29) is 5.97 Å². The molecular weight excluding hydrogens is 196 g/mol. The van der Waals surface area contributed by atoms with Crippen LogP contribution in [0.15, 0.2) is 0 Å². The van der Waals surface area contributed by atoms with E-state index in [9.17, 15) is 9.59 Å². The van der Waals surface area contributed by atoms with E-state index in [1.807, 2.05) is 0 Å². The number of carbonyl (C=O) groups is 2. The van der Waals surface area contributed by atoms with Crippen LogP contribution in [0.5, 0.6) is 0 Å². The summed E-state index contributed by atoms with van der Waals surface area (Å²) in [6.45, 7) is 5.76. The molecule has 0 radical (unpaired) electrons. The summed E-state index contributed by atoms with van der Waals surface area (Å²) < 4.78 is 4.40. The standard InChI is InChI=1S/C7H14O2.C4H8O2/c1-2-3-4-5-6-7(8)9;1-3-6-4(2)5/h2-6H2,1H3,(H,8,9);3H2,1-2H3. The summed E-state index contributed by atoms with van der Waals surface area (Å²) in [5, 5.41) is 8.21. The first-order valence-corrected chi connectivity index (χ1v) is 5.39. The summed E-state index contributed by atoms with van der Waals surface area (Å²) in [5.74, 6) is -0.886. The molecule has 0 aromatic heterocycles. The molecule has 1 N–H and O–H groups in total. The van der Waals surface area contributed by atoms with Gasteiger partial charge >= 0.3 is 11.9 Å². The fourth-order valence-electron chi connectivity index (χ4n) is 0.906. The van der Waals surface area contributed by atoms with E-state index in [1.54, 1.807) is 6.92 Å². The van der Waals surface area contributed by atoms with Crippen molar-refractivity contribution in [2.24, 2.45) is 0 Å². The molecule has 0 unspecified atom stereocenters. The molecule has 0 aromatic carbocycles. The summed E-state index contributed by atoms with van der Waals surface area (Å²) in [6, 6.07) is 0. The second kappa shape index (κ2) is 12.9. The second-order valence-electron chi connectivity index (χ2n) is 3.13. The average molecular weight is 218 g/mol. The monoisotopic (exact) mass is 218 g/mol. The van der Waals surface area contributed by atoms with Gasteiger partial charge in [-0.25, -0.2) is 0 Å². The van der Waals surface area contributed by atoms with Gasteiger partial charge in [-0.15, -0.1) is 0 Å². The van der Waals surface area contributed by atoms with Gasteiger partial charge in [0.05, 0.1) is 6.61 Å². The van der Waals surface area contributed by atoms with Crippen molar-refractivity contribution in [2.45, 2.75) is 52.9 Å². The molecule has 4 nitrogen and oxygen atoms in total. The van der Waals surface area contributed by atoms with Gasteiger partial charge in [0, 0.05) is 13.3 Å². The molecule has 0 amide bonds. The third kappa shape index (κ3) is 24.6. The minimum absolute atomic E-state index is 0.211. The largest absolute Gasteiger partial charge is 0.481 e. The zero-order valence-corrected chi connectivity index (χ0v) is 9.91. The number of rotatable bonds is 6. The third-order valence-electron chi connectivity index (χ3n) is 1.59. The van der Waals surface area contributed by atoms with Crippen LogP contribution in [0.4, 0.5) is 0 Å². The zero-order chi connectivity index (χ0) is 12.1. The predicted octanol–water partition coefficient (Wildman–Crippen LogP) is 2.61. The fraction of sp³-hybridized carbons (Fsp3) is 0.818. The van der Waals surface area contributed by atoms with Crippen LogP contribution in [0, 0.1) is 0 Å². The minimum atomic E-state index is -0.675. The van der Waals surface area contributed by atoms with Crippen molar-refractivity contribution < 1.29 is 19.4 Å². The number of esters is 1. The summed E-state index contributed by atoms with van der Waals surface area (Å²) >= 11 is 0. The maximum Gasteiger partial charge on any atom is 0.303 e. The van der Waals surface area contributed by atoms with Crippen LogP contribution in [0.1, 0.15) is 52.9 Å². The predicted molar refractivity (Wildman–Crippen MR) is 58.7 cm³/mol. The van der Waals surface area contributed by atoms with E-state index in [0.717, 1.165) is 19.3 Å². The Balaban J connectivity index is 0. The highest BCUT2D eigenvalue weighted by Gasteiger charge is 1.93. The maximum atomic E-state index is 9.96. The van der Waals surface area contributed by atoms with Crippen molar-refractivity contribution in [3.05, 3.63) is 0 Å². The highest BCUT2D eigenvalue weighted by molar-refractivity contribution is 5.66. The summed E-state index contributed by atoms with van der Waals surface area (Å²) in [7, 11) is 0. The quantitative estimate of drug-likeness (QED) is 0.550. The van der Waals surface area contributed by atoms with Gasteiger partial charge in [-0.1, -0.05) is 26.2 Å². The van der Waals surface area contributed by atoms with Crippen LogP contribution in [-0.4, -0.2) is 23.7 Å². The van der Waals surface area contributed by atoms with E-state index in [0.29, 0.717) is 13.0 Å². The molecule has 4 heteroatoms. The highest BCUT2D eigenvalue weighted by Crippen LogP contribution is 2.01. The van der Waals surface area contributed by atoms with Crippen molar-refractivity contribution in [3.63, 3.8) is 0 Å².